The predicted molar refractivity (Wildman–Crippen MR) is 132 cm³/mol. The summed E-state index contributed by atoms with van der Waals surface area (Å²) in [6.07, 6.45) is 1.72. The van der Waals surface area contributed by atoms with Gasteiger partial charge in [0.15, 0.2) is 0 Å². The first-order valence-corrected chi connectivity index (χ1v) is 11.2. The third-order valence-electron chi connectivity index (χ3n) is 5.56. The van der Waals surface area contributed by atoms with Crippen LogP contribution in [0.4, 0.5) is 14.7 Å². The first kappa shape index (κ1) is 24.6. The van der Waals surface area contributed by atoms with Gasteiger partial charge in [-0.25, -0.2) is 13.8 Å². The Morgan fingerprint density at radius 1 is 1.00 bits per heavy atom. The average molecular weight is 491 g/mol. The van der Waals surface area contributed by atoms with E-state index in [4.69, 9.17) is 4.74 Å². The lowest BCUT2D eigenvalue weighted by Gasteiger charge is -2.20. The second-order valence-electron chi connectivity index (χ2n) is 7.87. The molecule has 9 heteroatoms. The predicted octanol–water partition coefficient (Wildman–Crippen LogP) is 4.93. The molecule has 1 N–H and O–H groups in total. The molecule has 36 heavy (non-hydrogen) atoms. The van der Waals surface area contributed by atoms with E-state index in [1.165, 1.54) is 35.2 Å². The van der Waals surface area contributed by atoms with Crippen molar-refractivity contribution in [3.63, 3.8) is 0 Å². The van der Waals surface area contributed by atoms with Crippen molar-refractivity contribution in [2.45, 2.75) is 6.92 Å². The summed E-state index contributed by atoms with van der Waals surface area (Å²) in [5.74, 6) is -1.29. The minimum Gasteiger partial charge on any atom is -0.497 e. The maximum Gasteiger partial charge on any atom is 0.257 e. The number of amides is 2. The largest absolute Gasteiger partial charge is 0.497 e. The Bertz CT molecular complexity index is 1370. The molecule has 0 saturated carbocycles. The molecular formula is C27H24F2N4O3. The Kier molecular flexibility index (Phi) is 7.39. The number of anilines is 1. The monoisotopic (exact) mass is 490 g/mol. The molecule has 0 fully saturated rings. The molecule has 0 bridgehead atoms. The van der Waals surface area contributed by atoms with Crippen LogP contribution in [-0.2, 0) is 4.79 Å². The van der Waals surface area contributed by atoms with Gasteiger partial charge < -0.3 is 9.64 Å². The van der Waals surface area contributed by atoms with Crippen molar-refractivity contribution in [3.05, 3.63) is 96.2 Å². The van der Waals surface area contributed by atoms with Crippen LogP contribution in [0.2, 0.25) is 0 Å². The molecule has 7 nitrogen and oxygen atoms in total. The number of benzene rings is 3. The number of nitrogens with zero attached hydrogens (tertiary/aromatic N) is 3. The van der Waals surface area contributed by atoms with Crippen molar-refractivity contribution in [3.8, 4) is 22.7 Å². The Morgan fingerprint density at radius 3 is 2.33 bits per heavy atom. The summed E-state index contributed by atoms with van der Waals surface area (Å²) in [5.41, 5.74) is 1.81. The zero-order chi connectivity index (χ0) is 25.7. The first-order valence-electron chi connectivity index (χ1n) is 11.2. The Labute approximate surface area is 207 Å². The van der Waals surface area contributed by atoms with E-state index in [0.29, 0.717) is 17.1 Å². The van der Waals surface area contributed by atoms with Crippen LogP contribution in [0.25, 0.3) is 16.9 Å². The molecule has 1 aromatic heterocycles. The fraction of sp³-hybridized carbons (Fsp3) is 0.148. The van der Waals surface area contributed by atoms with Crippen LogP contribution >= 0.6 is 0 Å². The summed E-state index contributed by atoms with van der Waals surface area (Å²) in [6, 6.07) is 18.6. The molecule has 4 aromatic rings. The van der Waals surface area contributed by atoms with Crippen molar-refractivity contribution in [1.82, 2.24) is 14.5 Å². The molecule has 0 radical (unpaired) electrons. The summed E-state index contributed by atoms with van der Waals surface area (Å²) in [5, 5.41) is 2.73. The number of hydrogen-bond acceptors (Lipinski definition) is 4. The number of nitrogens with one attached hydrogen (secondary N) is 1. The Balaban J connectivity index is 1.61. The fourth-order valence-corrected chi connectivity index (χ4v) is 3.64. The first-order chi connectivity index (χ1) is 17.4. The van der Waals surface area contributed by atoms with Gasteiger partial charge in [-0.3, -0.25) is 19.5 Å². The maximum atomic E-state index is 14.1. The lowest BCUT2D eigenvalue weighted by atomic mass is 10.1. The van der Waals surface area contributed by atoms with Crippen LogP contribution in [0.5, 0.6) is 5.75 Å². The van der Waals surface area contributed by atoms with Gasteiger partial charge in [0.2, 0.25) is 11.9 Å². The summed E-state index contributed by atoms with van der Waals surface area (Å²) < 4.78 is 34.4. The number of methoxy groups -OCH3 is 1. The van der Waals surface area contributed by atoms with Crippen molar-refractivity contribution in [2.24, 2.45) is 0 Å². The fourth-order valence-electron chi connectivity index (χ4n) is 3.64. The van der Waals surface area contributed by atoms with E-state index in [1.54, 1.807) is 55.1 Å². The van der Waals surface area contributed by atoms with Gasteiger partial charge in [-0.2, -0.15) is 0 Å². The SMILES string of the molecule is CCN(CC(=O)Nc1nc(-c2ccc(OC)cc2)cn1-c1ccc(F)cc1)C(=O)c1ccccc1F. The van der Waals surface area contributed by atoms with Crippen LogP contribution in [0.15, 0.2) is 79.0 Å². The number of carbonyl (C=O) groups excluding carboxylic acids is 2. The van der Waals surface area contributed by atoms with Crippen molar-refractivity contribution < 1.29 is 23.1 Å². The summed E-state index contributed by atoms with van der Waals surface area (Å²) >= 11 is 0. The summed E-state index contributed by atoms with van der Waals surface area (Å²) in [4.78, 5) is 31.5. The smallest absolute Gasteiger partial charge is 0.257 e. The second kappa shape index (κ2) is 10.8. The van der Waals surface area contributed by atoms with Crippen LogP contribution < -0.4 is 10.1 Å². The van der Waals surface area contributed by atoms with Gasteiger partial charge in [0.25, 0.3) is 5.91 Å². The van der Waals surface area contributed by atoms with Crippen LogP contribution in [-0.4, -0.2) is 46.5 Å². The highest BCUT2D eigenvalue weighted by molar-refractivity contribution is 5.99. The van der Waals surface area contributed by atoms with Gasteiger partial charge >= 0.3 is 0 Å². The normalized spacial score (nSPS) is 10.7. The van der Waals surface area contributed by atoms with Crippen molar-refractivity contribution in [1.29, 1.82) is 0 Å². The molecule has 0 aliphatic carbocycles. The number of halogens is 2. The average Bonchev–Trinajstić information content (AvgIpc) is 3.31. The van der Waals surface area contributed by atoms with Crippen molar-refractivity contribution in [2.75, 3.05) is 25.5 Å². The molecule has 184 valence electrons. The van der Waals surface area contributed by atoms with Crippen LogP contribution in [0.3, 0.4) is 0 Å². The minimum atomic E-state index is -0.655. The van der Waals surface area contributed by atoms with Gasteiger partial charge in [0, 0.05) is 24.0 Å². The van der Waals surface area contributed by atoms with E-state index < -0.39 is 23.4 Å². The molecule has 3 aromatic carbocycles. The minimum absolute atomic E-state index is 0.109. The van der Waals surface area contributed by atoms with E-state index in [2.05, 4.69) is 10.3 Å². The third kappa shape index (κ3) is 5.41. The highest BCUT2D eigenvalue weighted by Gasteiger charge is 2.21. The molecule has 2 amide bonds. The Hall–Kier alpha value is -4.53. The number of likely N-dealkylation sites (N-methyl/N-ethyl adjacent to an activating group) is 1. The molecule has 1 heterocycles. The molecule has 0 unspecified atom stereocenters. The van der Waals surface area contributed by atoms with Gasteiger partial charge in [-0.1, -0.05) is 12.1 Å². The zero-order valence-corrected chi connectivity index (χ0v) is 19.7. The zero-order valence-electron chi connectivity index (χ0n) is 19.7. The number of rotatable bonds is 8. The topological polar surface area (TPSA) is 76.5 Å². The van der Waals surface area contributed by atoms with E-state index in [1.807, 2.05) is 12.1 Å². The Morgan fingerprint density at radius 2 is 1.69 bits per heavy atom. The van der Waals surface area contributed by atoms with Gasteiger partial charge in [0.05, 0.1) is 18.4 Å². The standard InChI is InChI=1S/C27H24F2N4O3/c1-3-32(26(35)22-6-4-5-7-23(22)29)17-25(34)31-27-30-24(18-8-14-21(36-2)15-9-18)16-33(27)20-12-10-19(28)11-13-20/h4-16H,3,17H2,1-2H3,(H,30,31,34). The highest BCUT2D eigenvalue weighted by atomic mass is 19.1. The van der Waals surface area contributed by atoms with Crippen LogP contribution in [0.1, 0.15) is 17.3 Å². The summed E-state index contributed by atoms with van der Waals surface area (Å²) in [6.45, 7) is 1.59. The van der Waals surface area contributed by atoms with E-state index in [-0.39, 0.29) is 24.6 Å². The van der Waals surface area contributed by atoms with Crippen molar-refractivity contribution >= 4 is 17.8 Å². The molecule has 0 saturated heterocycles. The quantitative estimate of drug-likeness (QED) is 0.380. The molecular weight excluding hydrogens is 466 g/mol. The molecule has 0 spiro atoms. The number of aromatic nitrogens is 2. The lowest BCUT2D eigenvalue weighted by Crippen LogP contribution is -2.38. The highest BCUT2D eigenvalue weighted by Crippen LogP contribution is 2.26. The van der Waals surface area contributed by atoms with Crippen LogP contribution in [0, 0.1) is 11.6 Å². The van der Waals surface area contributed by atoms with E-state index in [0.717, 1.165) is 5.56 Å². The molecule has 0 aliphatic heterocycles. The second-order valence-corrected chi connectivity index (χ2v) is 7.87. The third-order valence-corrected chi connectivity index (χ3v) is 5.56. The maximum absolute atomic E-state index is 14.1. The summed E-state index contributed by atoms with van der Waals surface area (Å²) in [7, 11) is 1.57. The van der Waals surface area contributed by atoms with E-state index in [9.17, 15) is 18.4 Å². The van der Waals surface area contributed by atoms with E-state index >= 15 is 0 Å². The van der Waals surface area contributed by atoms with Gasteiger partial charge in [-0.05, 0) is 67.6 Å². The van der Waals surface area contributed by atoms with Gasteiger partial charge in [-0.15, -0.1) is 0 Å². The van der Waals surface area contributed by atoms with Gasteiger partial charge in [0.1, 0.15) is 23.9 Å². The number of imidazole rings is 1. The molecule has 0 atom stereocenters. The molecule has 0 aliphatic rings. The number of hydrogen-bond donors (Lipinski definition) is 1. The lowest BCUT2D eigenvalue weighted by molar-refractivity contribution is -0.116. The number of ether oxygens (including phenoxy) is 1. The molecule has 4 rings (SSSR count). The number of carbonyl (C=O) groups is 2.